The summed E-state index contributed by atoms with van der Waals surface area (Å²) in [6.45, 7) is 2.77. The second-order valence-corrected chi connectivity index (χ2v) is 3.73. The van der Waals surface area contributed by atoms with Crippen LogP contribution in [0.15, 0.2) is 11.3 Å². The van der Waals surface area contributed by atoms with Crippen LogP contribution in [0.4, 0.5) is 0 Å². The Kier molecular flexibility index (Phi) is 1.84. The third kappa shape index (κ3) is 1.14. The summed E-state index contributed by atoms with van der Waals surface area (Å²) >= 11 is 0. The molecule has 0 N–H and O–H groups in total. The van der Waals surface area contributed by atoms with Crippen LogP contribution in [0.3, 0.4) is 0 Å². The third-order valence-electron chi connectivity index (χ3n) is 2.83. The lowest BCUT2D eigenvalue weighted by molar-refractivity contribution is -0.130. The number of rotatable bonds is 0. The topological polar surface area (TPSA) is 44.1 Å². The van der Waals surface area contributed by atoms with Gasteiger partial charge in [0.25, 0.3) is 0 Å². The van der Waals surface area contributed by atoms with Gasteiger partial charge in [-0.05, 0) is 12.8 Å². The minimum absolute atomic E-state index is 0.127. The Morgan fingerprint density at radius 1 is 1.62 bits per heavy atom. The summed E-state index contributed by atoms with van der Waals surface area (Å²) in [4.78, 5) is 13.3. The van der Waals surface area contributed by atoms with E-state index in [9.17, 15) is 4.79 Å². The van der Waals surface area contributed by atoms with Crippen molar-refractivity contribution in [2.75, 3.05) is 6.54 Å². The van der Waals surface area contributed by atoms with E-state index in [-0.39, 0.29) is 11.8 Å². The van der Waals surface area contributed by atoms with Gasteiger partial charge in [0.1, 0.15) is 0 Å². The van der Waals surface area contributed by atoms with E-state index in [1.807, 2.05) is 6.92 Å². The van der Waals surface area contributed by atoms with Gasteiger partial charge >= 0.3 is 0 Å². The van der Waals surface area contributed by atoms with Crippen molar-refractivity contribution < 1.29 is 4.79 Å². The second kappa shape index (κ2) is 2.88. The number of nitrogens with zero attached hydrogens (tertiary/aromatic N) is 2. The maximum atomic E-state index is 11.5. The lowest BCUT2D eigenvalue weighted by Crippen LogP contribution is -2.33. The molecular weight excluding hydrogens is 164 g/mol. The van der Waals surface area contributed by atoms with Gasteiger partial charge in [-0.1, -0.05) is 6.92 Å². The van der Waals surface area contributed by atoms with Crippen molar-refractivity contribution in [1.82, 2.24) is 4.90 Å². The van der Waals surface area contributed by atoms with Gasteiger partial charge < -0.3 is 4.90 Å². The molecule has 13 heavy (non-hydrogen) atoms. The van der Waals surface area contributed by atoms with Crippen LogP contribution < -0.4 is 0 Å². The summed E-state index contributed by atoms with van der Waals surface area (Å²) in [6.07, 6.45) is 2.42. The number of carbonyl (C=O) groups excluding carboxylic acids is 1. The standard InChI is InChI=1S/C10H12N2O/c1-7-5-10(13)12-4-2-3-9(12)8(7)6-11/h7H,2-5H2,1H3. The third-order valence-corrected chi connectivity index (χ3v) is 2.83. The zero-order chi connectivity index (χ0) is 9.42. The number of amides is 1. The minimum atomic E-state index is 0.127. The smallest absolute Gasteiger partial charge is 0.227 e. The molecule has 0 radical (unpaired) electrons. The first-order valence-electron chi connectivity index (χ1n) is 4.67. The van der Waals surface area contributed by atoms with Crippen molar-refractivity contribution in [2.24, 2.45) is 5.92 Å². The van der Waals surface area contributed by atoms with E-state index in [0.29, 0.717) is 6.42 Å². The van der Waals surface area contributed by atoms with E-state index >= 15 is 0 Å². The van der Waals surface area contributed by atoms with Crippen LogP contribution in [-0.4, -0.2) is 17.4 Å². The van der Waals surface area contributed by atoms with Crippen molar-refractivity contribution >= 4 is 5.91 Å². The highest BCUT2D eigenvalue weighted by Crippen LogP contribution is 2.34. The Morgan fingerprint density at radius 2 is 2.38 bits per heavy atom. The predicted octanol–water partition coefficient (Wildman–Crippen LogP) is 1.43. The van der Waals surface area contributed by atoms with Crippen LogP contribution in [0, 0.1) is 17.2 Å². The minimum Gasteiger partial charge on any atom is -0.315 e. The maximum Gasteiger partial charge on any atom is 0.227 e. The number of carbonyl (C=O) groups is 1. The SMILES string of the molecule is CC1CC(=O)N2CCCC2=C1C#N. The Balaban J connectivity index is 2.45. The van der Waals surface area contributed by atoms with Gasteiger partial charge in [-0.25, -0.2) is 0 Å². The summed E-state index contributed by atoms with van der Waals surface area (Å²) in [5.41, 5.74) is 1.82. The summed E-state index contributed by atoms with van der Waals surface area (Å²) < 4.78 is 0. The molecule has 0 aromatic heterocycles. The first-order chi connectivity index (χ1) is 6.24. The highest BCUT2D eigenvalue weighted by atomic mass is 16.2. The average molecular weight is 176 g/mol. The summed E-state index contributed by atoms with van der Waals surface area (Å²) in [7, 11) is 0. The fourth-order valence-corrected chi connectivity index (χ4v) is 2.16. The Bertz CT molecular complexity index is 324. The molecule has 3 heteroatoms. The van der Waals surface area contributed by atoms with Crippen LogP contribution in [0.5, 0.6) is 0 Å². The molecule has 1 saturated heterocycles. The highest BCUT2D eigenvalue weighted by molar-refractivity contribution is 5.81. The van der Waals surface area contributed by atoms with Gasteiger partial charge in [0.2, 0.25) is 5.91 Å². The maximum absolute atomic E-state index is 11.5. The second-order valence-electron chi connectivity index (χ2n) is 3.73. The molecule has 0 aliphatic carbocycles. The molecule has 2 rings (SSSR count). The molecule has 1 amide bonds. The Hall–Kier alpha value is -1.30. The molecule has 2 heterocycles. The monoisotopic (exact) mass is 176 g/mol. The lowest BCUT2D eigenvalue weighted by atomic mass is 9.92. The van der Waals surface area contributed by atoms with Gasteiger partial charge in [-0.2, -0.15) is 5.26 Å². The average Bonchev–Trinajstić information content (AvgIpc) is 2.53. The molecule has 0 aromatic carbocycles. The molecule has 0 bridgehead atoms. The van der Waals surface area contributed by atoms with E-state index in [4.69, 9.17) is 5.26 Å². The van der Waals surface area contributed by atoms with Crippen LogP contribution in [-0.2, 0) is 4.79 Å². The first-order valence-corrected chi connectivity index (χ1v) is 4.67. The first kappa shape index (κ1) is 8.31. The van der Waals surface area contributed by atoms with Crippen LogP contribution in [0.25, 0.3) is 0 Å². The van der Waals surface area contributed by atoms with Crippen molar-refractivity contribution in [1.29, 1.82) is 5.26 Å². The fraction of sp³-hybridized carbons (Fsp3) is 0.600. The molecule has 1 fully saturated rings. The Labute approximate surface area is 77.6 Å². The number of nitriles is 1. The molecule has 1 unspecified atom stereocenters. The molecule has 0 aromatic rings. The van der Waals surface area contributed by atoms with Crippen molar-refractivity contribution in [2.45, 2.75) is 26.2 Å². The van der Waals surface area contributed by atoms with Crippen LogP contribution in [0.1, 0.15) is 26.2 Å². The molecule has 0 spiro atoms. The quantitative estimate of drug-likeness (QED) is 0.560. The van der Waals surface area contributed by atoms with E-state index < -0.39 is 0 Å². The molecule has 1 atom stereocenters. The summed E-state index contributed by atoms with van der Waals surface area (Å²) in [5.74, 6) is 0.320. The van der Waals surface area contributed by atoms with E-state index in [0.717, 1.165) is 30.7 Å². The number of allylic oxidation sites excluding steroid dienone is 2. The predicted molar refractivity (Wildman–Crippen MR) is 47.4 cm³/mol. The van der Waals surface area contributed by atoms with Crippen molar-refractivity contribution in [3.63, 3.8) is 0 Å². The normalized spacial score (nSPS) is 27.5. The van der Waals surface area contributed by atoms with E-state index in [1.165, 1.54) is 0 Å². The molecule has 2 aliphatic heterocycles. The van der Waals surface area contributed by atoms with Gasteiger partial charge in [0, 0.05) is 24.6 Å². The fourth-order valence-electron chi connectivity index (χ4n) is 2.16. The highest BCUT2D eigenvalue weighted by Gasteiger charge is 2.33. The Morgan fingerprint density at radius 3 is 3.08 bits per heavy atom. The molecule has 68 valence electrons. The van der Waals surface area contributed by atoms with Gasteiger partial charge in [-0.3, -0.25) is 4.79 Å². The van der Waals surface area contributed by atoms with Crippen LogP contribution >= 0.6 is 0 Å². The molecular formula is C10H12N2O. The summed E-state index contributed by atoms with van der Waals surface area (Å²) in [5, 5.41) is 8.95. The van der Waals surface area contributed by atoms with Gasteiger partial charge in [0.15, 0.2) is 0 Å². The largest absolute Gasteiger partial charge is 0.315 e. The molecule has 2 aliphatic rings. The van der Waals surface area contributed by atoms with Crippen LogP contribution in [0.2, 0.25) is 0 Å². The zero-order valence-corrected chi connectivity index (χ0v) is 7.71. The number of hydrogen-bond donors (Lipinski definition) is 0. The van der Waals surface area contributed by atoms with E-state index in [1.54, 1.807) is 4.90 Å². The zero-order valence-electron chi connectivity index (χ0n) is 7.71. The summed E-state index contributed by atoms with van der Waals surface area (Å²) in [6, 6.07) is 2.23. The van der Waals surface area contributed by atoms with Gasteiger partial charge in [-0.15, -0.1) is 0 Å². The number of fused-ring (bicyclic) bond motifs is 1. The van der Waals surface area contributed by atoms with E-state index in [2.05, 4.69) is 6.07 Å². The molecule has 3 nitrogen and oxygen atoms in total. The lowest BCUT2D eigenvalue weighted by Gasteiger charge is -2.27. The number of hydrogen-bond acceptors (Lipinski definition) is 2. The van der Waals surface area contributed by atoms with Crippen molar-refractivity contribution in [3.05, 3.63) is 11.3 Å². The molecule has 0 saturated carbocycles. The van der Waals surface area contributed by atoms with Gasteiger partial charge in [0.05, 0.1) is 11.6 Å². The van der Waals surface area contributed by atoms with Crippen molar-refractivity contribution in [3.8, 4) is 6.07 Å².